The van der Waals surface area contributed by atoms with Gasteiger partial charge < -0.3 is 5.32 Å². The fourth-order valence-corrected chi connectivity index (χ4v) is 2.12. The summed E-state index contributed by atoms with van der Waals surface area (Å²) in [5.41, 5.74) is 0.975. The van der Waals surface area contributed by atoms with Crippen LogP contribution in [-0.4, -0.2) is 12.5 Å². The van der Waals surface area contributed by atoms with E-state index in [4.69, 9.17) is 11.6 Å². The van der Waals surface area contributed by atoms with Crippen LogP contribution in [0.5, 0.6) is 0 Å². The Kier molecular flexibility index (Phi) is 8.05. The number of benzene rings is 1. The van der Waals surface area contributed by atoms with Crippen molar-refractivity contribution in [3.63, 3.8) is 0 Å². The lowest BCUT2D eigenvalue weighted by molar-refractivity contribution is -0.116. The molecule has 1 aromatic rings. The molecule has 3 heteroatoms. The molecule has 0 saturated heterocycles. The molecule has 1 N–H and O–H groups in total. The van der Waals surface area contributed by atoms with Crippen LogP contribution in [0.25, 0.3) is 6.08 Å². The standard InChI is InChI=1S/C17H24ClNO/c1-3-5-6-14(4-2)13-19-17(20)12-9-15-7-10-16(18)11-8-15/h7-12,14H,3-6,13H2,1-2H3,(H,19,20)/b12-9+/t14-/m1/s1. The average Bonchev–Trinajstić information content (AvgIpc) is 2.47. The summed E-state index contributed by atoms with van der Waals surface area (Å²) in [4.78, 5) is 11.8. The predicted octanol–water partition coefficient (Wildman–Crippen LogP) is 4.69. The van der Waals surface area contributed by atoms with Crippen molar-refractivity contribution in [1.82, 2.24) is 5.32 Å². The summed E-state index contributed by atoms with van der Waals surface area (Å²) >= 11 is 5.81. The van der Waals surface area contributed by atoms with E-state index in [1.165, 1.54) is 19.3 Å². The first kappa shape index (κ1) is 16.8. The van der Waals surface area contributed by atoms with Crippen molar-refractivity contribution in [2.75, 3.05) is 6.54 Å². The highest BCUT2D eigenvalue weighted by molar-refractivity contribution is 6.30. The monoisotopic (exact) mass is 293 g/mol. The molecule has 0 aliphatic heterocycles. The third kappa shape index (κ3) is 6.76. The van der Waals surface area contributed by atoms with Crippen molar-refractivity contribution in [3.05, 3.63) is 40.9 Å². The van der Waals surface area contributed by atoms with Crippen LogP contribution in [0.1, 0.15) is 45.1 Å². The number of hydrogen-bond acceptors (Lipinski definition) is 1. The van der Waals surface area contributed by atoms with E-state index in [1.54, 1.807) is 12.2 Å². The summed E-state index contributed by atoms with van der Waals surface area (Å²) in [5, 5.41) is 3.67. The summed E-state index contributed by atoms with van der Waals surface area (Å²) in [5.74, 6) is 0.553. The Morgan fingerprint density at radius 3 is 2.60 bits per heavy atom. The van der Waals surface area contributed by atoms with Crippen LogP contribution in [0.4, 0.5) is 0 Å². The van der Waals surface area contributed by atoms with Gasteiger partial charge in [-0.05, 0) is 36.1 Å². The van der Waals surface area contributed by atoms with Gasteiger partial charge in [-0.25, -0.2) is 0 Å². The van der Waals surface area contributed by atoms with Gasteiger partial charge in [-0.3, -0.25) is 4.79 Å². The molecule has 0 heterocycles. The van der Waals surface area contributed by atoms with E-state index in [0.717, 1.165) is 18.5 Å². The van der Waals surface area contributed by atoms with Crippen LogP contribution in [0.3, 0.4) is 0 Å². The zero-order valence-corrected chi connectivity index (χ0v) is 13.1. The molecular formula is C17H24ClNO. The first-order valence-corrected chi connectivity index (χ1v) is 7.75. The molecule has 1 atom stereocenters. The van der Waals surface area contributed by atoms with E-state index in [-0.39, 0.29) is 5.91 Å². The molecule has 2 nitrogen and oxygen atoms in total. The highest BCUT2D eigenvalue weighted by Gasteiger charge is 2.06. The van der Waals surface area contributed by atoms with E-state index < -0.39 is 0 Å². The fourth-order valence-electron chi connectivity index (χ4n) is 1.99. The Hall–Kier alpha value is -1.28. The average molecular weight is 294 g/mol. The van der Waals surface area contributed by atoms with Crippen molar-refractivity contribution < 1.29 is 4.79 Å². The maximum atomic E-state index is 11.8. The molecule has 1 aromatic carbocycles. The normalized spacial score (nSPS) is 12.6. The third-order valence-electron chi connectivity index (χ3n) is 3.41. The summed E-state index contributed by atoms with van der Waals surface area (Å²) in [6, 6.07) is 7.42. The second kappa shape index (κ2) is 9.60. The number of amides is 1. The van der Waals surface area contributed by atoms with Crippen LogP contribution >= 0.6 is 11.6 Å². The van der Waals surface area contributed by atoms with Gasteiger partial charge >= 0.3 is 0 Å². The van der Waals surface area contributed by atoms with Crippen molar-refractivity contribution in [2.45, 2.75) is 39.5 Å². The lowest BCUT2D eigenvalue weighted by atomic mass is 9.99. The summed E-state index contributed by atoms with van der Waals surface area (Å²) in [7, 11) is 0. The van der Waals surface area contributed by atoms with Gasteiger partial charge in [0.25, 0.3) is 0 Å². The van der Waals surface area contributed by atoms with E-state index in [9.17, 15) is 4.79 Å². The van der Waals surface area contributed by atoms with Gasteiger partial charge in [-0.15, -0.1) is 0 Å². The zero-order chi connectivity index (χ0) is 14.8. The van der Waals surface area contributed by atoms with Gasteiger partial charge in [0.2, 0.25) is 5.91 Å². The number of carbonyl (C=O) groups excluding carboxylic acids is 1. The Labute approximate surface area is 127 Å². The van der Waals surface area contributed by atoms with Gasteiger partial charge in [-0.1, -0.05) is 56.8 Å². The van der Waals surface area contributed by atoms with Gasteiger partial charge in [0.05, 0.1) is 0 Å². The van der Waals surface area contributed by atoms with Crippen molar-refractivity contribution in [2.24, 2.45) is 5.92 Å². The van der Waals surface area contributed by atoms with Crippen molar-refractivity contribution in [3.8, 4) is 0 Å². The molecule has 1 rings (SSSR count). The highest BCUT2D eigenvalue weighted by atomic mass is 35.5. The quantitative estimate of drug-likeness (QED) is 0.692. The molecule has 0 aliphatic carbocycles. The number of unbranched alkanes of at least 4 members (excludes halogenated alkanes) is 1. The van der Waals surface area contributed by atoms with Crippen LogP contribution in [0.15, 0.2) is 30.3 Å². The van der Waals surface area contributed by atoms with Crippen molar-refractivity contribution in [1.29, 1.82) is 0 Å². The minimum absolute atomic E-state index is 0.0325. The molecule has 0 fully saturated rings. The lowest BCUT2D eigenvalue weighted by Gasteiger charge is -2.14. The molecular weight excluding hydrogens is 270 g/mol. The molecule has 110 valence electrons. The SMILES string of the molecule is CCCC[C@@H](CC)CNC(=O)/C=C/c1ccc(Cl)cc1. The lowest BCUT2D eigenvalue weighted by Crippen LogP contribution is -2.27. The molecule has 0 aromatic heterocycles. The minimum atomic E-state index is -0.0325. The van der Waals surface area contributed by atoms with Crippen LogP contribution < -0.4 is 5.32 Å². The number of halogens is 1. The van der Waals surface area contributed by atoms with Gasteiger partial charge in [0.1, 0.15) is 0 Å². The second-order valence-electron chi connectivity index (χ2n) is 5.05. The molecule has 0 bridgehead atoms. The Balaban J connectivity index is 2.37. The van der Waals surface area contributed by atoms with E-state index in [2.05, 4.69) is 19.2 Å². The Morgan fingerprint density at radius 1 is 1.30 bits per heavy atom. The fraction of sp³-hybridized carbons (Fsp3) is 0.471. The molecule has 1 amide bonds. The largest absolute Gasteiger partial charge is 0.352 e. The Morgan fingerprint density at radius 2 is 2.00 bits per heavy atom. The third-order valence-corrected chi connectivity index (χ3v) is 3.66. The first-order valence-electron chi connectivity index (χ1n) is 7.37. The number of carbonyl (C=O) groups is 1. The second-order valence-corrected chi connectivity index (χ2v) is 5.48. The molecule has 0 saturated carbocycles. The number of nitrogens with one attached hydrogen (secondary N) is 1. The summed E-state index contributed by atoms with van der Waals surface area (Å²) in [6.07, 6.45) is 8.12. The number of rotatable bonds is 8. The zero-order valence-electron chi connectivity index (χ0n) is 12.4. The van der Waals surface area contributed by atoms with E-state index in [0.29, 0.717) is 10.9 Å². The topological polar surface area (TPSA) is 29.1 Å². The van der Waals surface area contributed by atoms with Crippen molar-refractivity contribution >= 4 is 23.6 Å². The smallest absolute Gasteiger partial charge is 0.244 e. The first-order chi connectivity index (χ1) is 9.65. The highest BCUT2D eigenvalue weighted by Crippen LogP contribution is 2.12. The van der Waals surface area contributed by atoms with Crippen LogP contribution in [0.2, 0.25) is 5.02 Å². The van der Waals surface area contributed by atoms with Gasteiger partial charge in [0, 0.05) is 17.6 Å². The molecule has 0 unspecified atom stereocenters. The van der Waals surface area contributed by atoms with E-state index >= 15 is 0 Å². The van der Waals surface area contributed by atoms with Gasteiger partial charge in [-0.2, -0.15) is 0 Å². The molecule has 0 aliphatic rings. The Bertz CT molecular complexity index is 425. The molecule has 0 spiro atoms. The maximum absolute atomic E-state index is 11.8. The minimum Gasteiger partial charge on any atom is -0.352 e. The summed E-state index contributed by atoms with van der Waals surface area (Å²) in [6.45, 7) is 5.14. The summed E-state index contributed by atoms with van der Waals surface area (Å²) < 4.78 is 0. The van der Waals surface area contributed by atoms with Gasteiger partial charge in [0.15, 0.2) is 0 Å². The maximum Gasteiger partial charge on any atom is 0.244 e. The molecule has 0 radical (unpaired) electrons. The van der Waals surface area contributed by atoms with Crippen LogP contribution in [-0.2, 0) is 4.79 Å². The van der Waals surface area contributed by atoms with Crippen LogP contribution in [0, 0.1) is 5.92 Å². The van der Waals surface area contributed by atoms with E-state index in [1.807, 2.05) is 24.3 Å². The predicted molar refractivity (Wildman–Crippen MR) is 86.8 cm³/mol. The number of hydrogen-bond donors (Lipinski definition) is 1. The molecule has 20 heavy (non-hydrogen) atoms.